The molecule has 4 rings (SSSR count). The number of aromatic nitrogens is 4. The lowest BCUT2D eigenvalue weighted by Crippen LogP contribution is -2.65. The van der Waals surface area contributed by atoms with Crippen molar-refractivity contribution in [3.8, 4) is 0 Å². The maximum absolute atomic E-state index is 12.9. The molecule has 42 heavy (non-hydrogen) atoms. The van der Waals surface area contributed by atoms with Crippen LogP contribution < -0.4 is 10.9 Å². The van der Waals surface area contributed by atoms with Gasteiger partial charge in [-0.05, 0) is 27.7 Å². The van der Waals surface area contributed by atoms with Crippen LogP contribution in [0.5, 0.6) is 0 Å². The highest BCUT2D eigenvalue weighted by atomic mass is 28.5. The summed E-state index contributed by atoms with van der Waals surface area (Å²) in [5, 5.41) is 6.78. The number of anilines is 1. The molecule has 2 saturated heterocycles. The summed E-state index contributed by atoms with van der Waals surface area (Å²) in [5.41, 5.74) is 9.80. The Morgan fingerprint density at radius 1 is 1.10 bits per heavy atom. The highest BCUT2D eigenvalue weighted by molar-refractivity contribution is 6.84. The topological polar surface area (TPSA) is 178 Å². The molecule has 1 unspecified atom stereocenters. The standard InChI is InChI=1S/C26H44N8O6Si2/c1-13(2)23(35)30-26-29-22-20(24(36)31-26)28-12-34(22)25-19(32-33-27)21-18(38-25)11-37-41(14(3)4,15(5)6)40-42(39-21,16(7)8)17(9)10/h12-19,21,25H,11H2,1-10H3,(H2,29,30,31,35,36)/t18-,19?,21-,25-/m1/s1. The minimum absolute atomic E-state index is 0.0130. The van der Waals surface area contributed by atoms with E-state index < -0.39 is 47.2 Å². The maximum Gasteiger partial charge on any atom is 0.335 e. The van der Waals surface area contributed by atoms with Crippen LogP contribution in [0.4, 0.5) is 5.95 Å². The summed E-state index contributed by atoms with van der Waals surface area (Å²) >= 11 is 0. The second-order valence-corrected chi connectivity index (χ2v) is 21.5. The van der Waals surface area contributed by atoms with E-state index in [0.717, 1.165) is 0 Å². The second-order valence-electron chi connectivity index (χ2n) is 12.7. The summed E-state index contributed by atoms with van der Waals surface area (Å²) in [6.45, 7) is 20.7. The van der Waals surface area contributed by atoms with Crippen LogP contribution >= 0.6 is 0 Å². The van der Waals surface area contributed by atoms with E-state index in [1.165, 1.54) is 6.33 Å². The molecule has 16 heteroatoms. The van der Waals surface area contributed by atoms with Crippen LogP contribution in [-0.2, 0) is 22.5 Å². The number of fused-ring (bicyclic) bond motifs is 2. The van der Waals surface area contributed by atoms with Gasteiger partial charge in [-0.1, -0.05) is 74.4 Å². The van der Waals surface area contributed by atoms with Crippen molar-refractivity contribution in [3.63, 3.8) is 0 Å². The Balaban J connectivity index is 1.84. The van der Waals surface area contributed by atoms with Crippen molar-refractivity contribution in [1.29, 1.82) is 0 Å². The van der Waals surface area contributed by atoms with E-state index in [0.29, 0.717) is 0 Å². The number of amides is 1. The van der Waals surface area contributed by atoms with E-state index in [-0.39, 0.29) is 57.7 Å². The molecule has 2 fully saturated rings. The monoisotopic (exact) mass is 620 g/mol. The van der Waals surface area contributed by atoms with Gasteiger partial charge >= 0.3 is 17.1 Å². The number of hydrogen-bond donors (Lipinski definition) is 2. The van der Waals surface area contributed by atoms with Gasteiger partial charge < -0.3 is 17.7 Å². The first-order chi connectivity index (χ1) is 19.7. The van der Waals surface area contributed by atoms with E-state index in [1.54, 1.807) is 18.4 Å². The first-order valence-corrected chi connectivity index (χ1v) is 18.6. The predicted molar refractivity (Wildman–Crippen MR) is 162 cm³/mol. The molecule has 2 N–H and O–H groups in total. The van der Waals surface area contributed by atoms with E-state index in [4.69, 9.17) is 17.7 Å². The number of nitrogens with one attached hydrogen (secondary N) is 2. The van der Waals surface area contributed by atoms with E-state index in [9.17, 15) is 15.1 Å². The molecule has 4 atom stereocenters. The third-order valence-electron chi connectivity index (χ3n) is 8.30. The minimum Gasteiger partial charge on any atom is -0.414 e. The lowest BCUT2D eigenvalue weighted by atomic mass is 10.1. The number of aromatic amines is 1. The Labute approximate surface area is 248 Å². The van der Waals surface area contributed by atoms with Gasteiger partial charge in [-0.3, -0.25) is 24.5 Å². The molecule has 1 amide bonds. The molecule has 0 saturated carbocycles. The molecule has 0 aliphatic carbocycles. The summed E-state index contributed by atoms with van der Waals surface area (Å²) in [6.07, 6.45) is -0.722. The van der Waals surface area contributed by atoms with Gasteiger partial charge in [-0.15, -0.1) is 0 Å². The number of H-pyrrole nitrogens is 1. The van der Waals surface area contributed by atoms with Crippen molar-refractivity contribution in [2.45, 2.75) is 116 Å². The summed E-state index contributed by atoms with van der Waals surface area (Å²) in [5.74, 6) is -0.637. The van der Waals surface area contributed by atoms with Crippen LogP contribution in [0.1, 0.15) is 75.5 Å². The number of nitrogens with zero attached hydrogens (tertiary/aromatic N) is 6. The third kappa shape index (κ3) is 5.56. The number of hydrogen-bond acceptors (Lipinski definition) is 9. The normalized spacial score (nSPS) is 25.6. The fourth-order valence-corrected chi connectivity index (χ4v) is 17.2. The zero-order valence-corrected chi connectivity index (χ0v) is 28.1. The zero-order chi connectivity index (χ0) is 31.1. The van der Waals surface area contributed by atoms with Crippen LogP contribution in [0.2, 0.25) is 22.2 Å². The van der Waals surface area contributed by atoms with Gasteiger partial charge in [0.1, 0.15) is 18.4 Å². The molecule has 0 radical (unpaired) electrons. The first kappa shape index (κ1) is 32.3. The van der Waals surface area contributed by atoms with Crippen molar-refractivity contribution >= 4 is 40.1 Å². The molecular weight excluding hydrogens is 577 g/mol. The van der Waals surface area contributed by atoms with Gasteiger partial charge in [0.2, 0.25) is 11.9 Å². The molecule has 2 aromatic heterocycles. The number of carbonyl (C=O) groups is 1. The Morgan fingerprint density at radius 2 is 1.71 bits per heavy atom. The van der Waals surface area contributed by atoms with Gasteiger partial charge in [-0.25, -0.2) is 4.98 Å². The number of rotatable bonds is 8. The number of carbonyl (C=O) groups excluding carboxylic acids is 1. The molecule has 14 nitrogen and oxygen atoms in total. The van der Waals surface area contributed by atoms with Crippen molar-refractivity contribution in [3.05, 3.63) is 27.1 Å². The average Bonchev–Trinajstić information content (AvgIpc) is 3.45. The Kier molecular flexibility index (Phi) is 9.38. The van der Waals surface area contributed by atoms with Gasteiger partial charge in [-0.2, -0.15) is 4.98 Å². The third-order valence-corrected chi connectivity index (χ3v) is 18.5. The number of imidazole rings is 1. The van der Waals surface area contributed by atoms with Crippen LogP contribution in [0, 0.1) is 5.92 Å². The molecule has 232 valence electrons. The molecule has 0 aromatic carbocycles. The lowest BCUT2D eigenvalue weighted by Gasteiger charge is -2.51. The summed E-state index contributed by atoms with van der Waals surface area (Å²) < 4.78 is 29.3. The molecule has 2 aromatic rings. The first-order valence-electron chi connectivity index (χ1n) is 14.7. The summed E-state index contributed by atoms with van der Waals surface area (Å²) in [6, 6.07) is -0.837. The molecule has 0 spiro atoms. The molecule has 0 bridgehead atoms. The van der Waals surface area contributed by atoms with Crippen LogP contribution in [0.3, 0.4) is 0 Å². The predicted octanol–water partition coefficient (Wildman–Crippen LogP) is 5.25. The molecule has 2 aliphatic heterocycles. The smallest absolute Gasteiger partial charge is 0.335 e. The number of ether oxygens (including phenoxy) is 1. The Hall–Kier alpha value is -2.60. The zero-order valence-electron chi connectivity index (χ0n) is 26.1. The minimum atomic E-state index is -3.02. The Morgan fingerprint density at radius 3 is 2.26 bits per heavy atom. The molecule has 2 aliphatic rings. The Bertz CT molecular complexity index is 1390. The van der Waals surface area contributed by atoms with Crippen molar-refractivity contribution in [1.82, 2.24) is 19.5 Å². The highest BCUT2D eigenvalue weighted by Gasteiger charge is 2.61. The number of azide groups is 1. The fraction of sp³-hybridized carbons (Fsp3) is 0.769. The second kappa shape index (κ2) is 12.2. The summed E-state index contributed by atoms with van der Waals surface area (Å²) in [7, 11) is -5.84. The quantitative estimate of drug-likeness (QED) is 0.174. The fourth-order valence-electron chi connectivity index (χ4n) is 5.98. The van der Waals surface area contributed by atoms with Crippen molar-refractivity contribution in [2.24, 2.45) is 11.0 Å². The van der Waals surface area contributed by atoms with Crippen LogP contribution in [0.25, 0.3) is 21.6 Å². The van der Waals surface area contributed by atoms with Crippen molar-refractivity contribution in [2.75, 3.05) is 11.9 Å². The SMILES string of the molecule is CC(C)C(=O)Nc1nc2c(ncn2[C@@H]2O[C@@H]3CO[Si](C(C)C)(C(C)C)O[Si](C(C)C)(C(C)C)O[C@H]3C2N=[N+]=[N-])c(=O)[nH]1. The van der Waals surface area contributed by atoms with Gasteiger partial charge in [0.15, 0.2) is 11.2 Å². The van der Waals surface area contributed by atoms with Crippen LogP contribution in [0.15, 0.2) is 16.2 Å². The van der Waals surface area contributed by atoms with E-state index in [2.05, 4.69) is 85.7 Å². The largest absolute Gasteiger partial charge is 0.414 e. The van der Waals surface area contributed by atoms with E-state index in [1.807, 2.05) is 0 Å². The average molecular weight is 621 g/mol. The molecule has 4 heterocycles. The highest BCUT2D eigenvalue weighted by Crippen LogP contribution is 2.49. The lowest BCUT2D eigenvalue weighted by molar-refractivity contribution is -0.118. The van der Waals surface area contributed by atoms with Crippen LogP contribution in [-0.4, -0.2) is 67.4 Å². The van der Waals surface area contributed by atoms with Gasteiger partial charge in [0, 0.05) is 10.8 Å². The van der Waals surface area contributed by atoms with Gasteiger partial charge in [0.25, 0.3) is 5.56 Å². The van der Waals surface area contributed by atoms with Gasteiger partial charge in [0.05, 0.1) is 19.0 Å². The maximum atomic E-state index is 12.9. The summed E-state index contributed by atoms with van der Waals surface area (Å²) in [4.78, 5) is 39.6. The van der Waals surface area contributed by atoms with Crippen molar-refractivity contribution < 1.29 is 22.5 Å². The molecular formula is C26H44N8O6Si2. The van der Waals surface area contributed by atoms with E-state index >= 15 is 0 Å².